The van der Waals surface area contributed by atoms with Crippen LogP contribution in [0.1, 0.15) is 6.92 Å². The molecular weight excluding hydrogens is 479 g/mol. The summed E-state index contributed by atoms with van der Waals surface area (Å²) in [6, 6.07) is 25.2. The molecule has 166 valence electrons. The van der Waals surface area contributed by atoms with Gasteiger partial charge in [0.2, 0.25) is 0 Å². The number of fused-ring (bicyclic) bond motifs is 2. The van der Waals surface area contributed by atoms with Gasteiger partial charge in [0.15, 0.2) is 4.34 Å². The zero-order chi connectivity index (χ0) is 22.9. The van der Waals surface area contributed by atoms with Crippen LogP contribution in [0.15, 0.2) is 93.9 Å². The summed E-state index contributed by atoms with van der Waals surface area (Å²) in [6.07, 6.45) is 1.64. The largest absolute Gasteiger partial charge is 0.494 e. The summed E-state index contributed by atoms with van der Waals surface area (Å²) in [7, 11) is 0. The molecular formula is C27H19N3OS3. The highest BCUT2D eigenvalue weighted by molar-refractivity contribution is 8.01. The lowest BCUT2D eigenvalue weighted by molar-refractivity contribution is 0.341. The van der Waals surface area contributed by atoms with E-state index in [0.29, 0.717) is 6.61 Å². The van der Waals surface area contributed by atoms with Crippen molar-refractivity contribution in [2.24, 2.45) is 0 Å². The highest BCUT2D eigenvalue weighted by Crippen LogP contribution is 2.42. The number of hydrogen-bond donors (Lipinski definition) is 0. The SMILES string of the molecule is CCOc1ccc2nc(Sc3ncnc4scc(-c5ccc(-c6ccccc6)cc5)c34)sc2c1. The smallest absolute Gasteiger partial charge is 0.157 e. The Balaban J connectivity index is 1.36. The molecule has 0 bridgehead atoms. The Bertz CT molecular complexity index is 1590. The number of thiazole rings is 1. The molecule has 0 aliphatic heterocycles. The molecule has 6 rings (SSSR count). The predicted molar refractivity (Wildman–Crippen MR) is 143 cm³/mol. The van der Waals surface area contributed by atoms with Crippen LogP contribution >= 0.6 is 34.4 Å². The van der Waals surface area contributed by atoms with Gasteiger partial charge in [0.05, 0.1) is 22.2 Å². The number of aromatic nitrogens is 3. The minimum atomic E-state index is 0.651. The number of ether oxygens (including phenoxy) is 1. The van der Waals surface area contributed by atoms with E-state index in [9.17, 15) is 0 Å². The number of benzene rings is 3. The van der Waals surface area contributed by atoms with Gasteiger partial charge in [-0.3, -0.25) is 0 Å². The summed E-state index contributed by atoms with van der Waals surface area (Å²) in [4.78, 5) is 15.0. The molecule has 4 nitrogen and oxygen atoms in total. The molecule has 0 fully saturated rings. The molecule has 0 atom stereocenters. The zero-order valence-electron chi connectivity index (χ0n) is 18.3. The molecule has 0 N–H and O–H groups in total. The maximum absolute atomic E-state index is 5.64. The Labute approximate surface area is 209 Å². The quantitative estimate of drug-likeness (QED) is 0.217. The fourth-order valence-corrected chi connectivity index (χ4v) is 6.97. The van der Waals surface area contributed by atoms with Crippen LogP contribution in [0, 0.1) is 0 Å². The maximum Gasteiger partial charge on any atom is 0.157 e. The molecule has 0 saturated heterocycles. The average Bonchev–Trinajstić information content (AvgIpc) is 3.49. The third-order valence-corrected chi connectivity index (χ3v) is 8.44. The van der Waals surface area contributed by atoms with E-state index in [1.54, 1.807) is 40.8 Å². The Morgan fingerprint density at radius 2 is 1.68 bits per heavy atom. The van der Waals surface area contributed by atoms with Gasteiger partial charge in [-0.1, -0.05) is 54.6 Å². The molecule has 0 unspecified atom stereocenters. The van der Waals surface area contributed by atoms with Crippen molar-refractivity contribution in [2.45, 2.75) is 16.3 Å². The minimum Gasteiger partial charge on any atom is -0.494 e. The number of nitrogens with zero attached hydrogens (tertiary/aromatic N) is 3. The Morgan fingerprint density at radius 1 is 0.882 bits per heavy atom. The fraction of sp³-hybridized carbons (Fsp3) is 0.0741. The monoisotopic (exact) mass is 497 g/mol. The van der Waals surface area contributed by atoms with Gasteiger partial charge in [0.1, 0.15) is 21.9 Å². The van der Waals surface area contributed by atoms with Crippen molar-refractivity contribution in [1.29, 1.82) is 0 Å². The third kappa shape index (κ3) is 4.07. The molecule has 3 heterocycles. The topological polar surface area (TPSA) is 47.9 Å². The summed E-state index contributed by atoms with van der Waals surface area (Å²) in [5, 5.41) is 4.19. The number of thiophene rings is 1. The van der Waals surface area contributed by atoms with Crippen LogP contribution in [0.2, 0.25) is 0 Å². The van der Waals surface area contributed by atoms with Crippen LogP contribution in [0.3, 0.4) is 0 Å². The molecule has 0 saturated carbocycles. The first kappa shape index (κ1) is 21.3. The van der Waals surface area contributed by atoms with Crippen molar-refractivity contribution < 1.29 is 4.74 Å². The molecule has 0 spiro atoms. The molecule has 6 aromatic rings. The summed E-state index contributed by atoms with van der Waals surface area (Å²) < 4.78 is 7.71. The van der Waals surface area contributed by atoms with E-state index >= 15 is 0 Å². The second kappa shape index (κ2) is 9.18. The molecule has 0 radical (unpaired) electrons. The predicted octanol–water partition coefficient (Wildman–Crippen LogP) is 8.18. The lowest BCUT2D eigenvalue weighted by atomic mass is 10.0. The number of rotatable bonds is 6. The van der Waals surface area contributed by atoms with Crippen molar-refractivity contribution in [3.63, 3.8) is 0 Å². The van der Waals surface area contributed by atoms with Gasteiger partial charge in [-0.25, -0.2) is 15.0 Å². The van der Waals surface area contributed by atoms with E-state index in [1.807, 2.05) is 25.1 Å². The van der Waals surface area contributed by atoms with Gasteiger partial charge in [0.25, 0.3) is 0 Å². The first-order valence-electron chi connectivity index (χ1n) is 10.9. The van der Waals surface area contributed by atoms with E-state index in [2.05, 4.69) is 69.9 Å². The third-order valence-electron chi connectivity index (χ3n) is 5.47. The van der Waals surface area contributed by atoms with Gasteiger partial charge >= 0.3 is 0 Å². The minimum absolute atomic E-state index is 0.651. The van der Waals surface area contributed by atoms with E-state index in [-0.39, 0.29) is 0 Å². The van der Waals surface area contributed by atoms with Crippen molar-refractivity contribution in [2.75, 3.05) is 6.61 Å². The fourth-order valence-electron chi connectivity index (χ4n) is 3.88. The molecule has 0 aliphatic rings. The number of hydrogen-bond acceptors (Lipinski definition) is 7. The van der Waals surface area contributed by atoms with Crippen LogP contribution in [0.25, 0.3) is 42.7 Å². The van der Waals surface area contributed by atoms with Crippen molar-refractivity contribution >= 4 is 54.9 Å². The Kier molecular flexibility index (Phi) is 5.74. The lowest BCUT2D eigenvalue weighted by Crippen LogP contribution is -1.89. The van der Waals surface area contributed by atoms with Crippen LogP contribution < -0.4 is 4.74 Å². The van der Waals surface area contributed by atoms with Gasteiger partial charge < -0.3 is 4.74 Å². The maximum atomic E-state index is 5.64. The van der Waals surface area contributed by atoms with E-state index < -0.39 is 0 Å². The van der Waals surface area contributed by atoms with E-state index in [0.717, 1.165) is 46.7 Å². The van der Waals surface area contributed by atoms with Crippen molar-refractivity contribution in [3.05, 3.63) is 84.5 Å². The summed E-state index contributed by atoms with van der Waals surface area (Å²) in [6.45, 7) is 2.64. The van der Waals surface area contributed by atoms with Gasteiger partial charge in [-0.2, -0.15) is 0 Å². The Morgan fingerprint density at radius 3 is 2.50 bits per heavy atom. The van der Waals surface area contributed by atoms with Gasteiger partial charge in [0, 0.05) is 10.9 Å². The zero-order valence-corrected chi connectivity index (χ0v) is 20.7. The van der Waals surface area contributed by atoms with Crippen molar-refractivity contribution in [3.8, 4) is 28.0 Å². The van der Waals surface area contributed by atoms with Crippen LogP contribution in [0.4, 0.5) is 0 Å². The second-order valence-electron chi connectivity index (χ2n) is 7.60. The highest BCUT2D eigenvalue weighted by Gasteiger charge is 2.16. The molecule has 3 aromatic carbocycles. The first-order chi connectivity index (χ1) is 16.8. The molecule has 3 aromatic heterocycles. The molecule has 34 heavy (non-hydrogen) atoms. The Hall–Kier alpha value is -3.26. The standard InChI is InChI=1S/C27H19N3OS3/c1-2-31-20-12-13-22-23(14-20)33-27(30-22)34-26-24-21(15-32-25(24)28-16-29-26)19-10-8-18(9-11-19)17-6-4-3-5-7-17/h3-16H,2H2,1H3. The van der Waals surface area contributed by atoms with Crippen LogP contribution in [-0.4, -0.2) is 21.6 Å². The molecule has 0 aliphatic carbocycles. The van der Waals surface area contributed by atoms with Gasteiger partial charge in [-0.05, 0) is 53.6 Å². The van der Waals surface area contributed by atoms with Crippen LogP contribution in [-0.2, 0) is 0 Å². The van der Waals surface area contributed by atoms with Crippen LogP contribution in [0.5, 0.6) is 5.75 Å². The second-order valence-corrected chi connectivity index (χ2v) is 10.7. The summed E-state index contributed by atoms with van der Waals surface area (Å²) in [5.41, 5.74) is 5.71. The van der Waals surface area contributed by atoms with E-state index in [1.165, 1.54) is 11.1 Å². The van der Waals surface area contributed by atoms with Gasteiger partial charge in [-0.15, -0.1) is 22.7 Å². The summed E-state index contributed by atoms with van der Waals surface area (Å²) in [5.74, 6) is 0.874. The molecule has 7 heteroatoms. The average molecular weight is 498 g/mol. The normalized spacial score (nSPS) is 11.3. The molecule has 0 amide bonds. The van der Waals surface area contributed by atoms with E-state index in [4.69, 9.17) is 9.72 Å². The highest BCUT2D eigenvalue weighted by atomic mass is 32.2. The summed E-state index contributed by atoms with van der Waals surface area (Å²) >= 11 is 4.91. The first-order valence-corrected chi connectivity index (χ1v) is 13.4. The van der Waals surface area contributed by atoms with Crippen molar-refractivity contribution in [1.82, 2.24) is 15.0 Å². The lowest BCUT2D eigenvalue weighted by Gasteiger charge is -2.06.